The standard InChI is InChI=1S/C16H21ClN2O2/c1-12(13-2-4-14(17)5-3-13)18-7-9-19(10-8-18)15-6-11-21-16(15)20/h2-5,12,15H,6-11H2,1H3/t12-,15-/m1/s1. The highest BCUT2D eigenvalue weighted by molar-refractivity contribution is 6.30. The van der Waals surface area contributed by atoms with Gasteiger partial charge in [-0.05, 0) is 24.6 Å². The highest BCUT2D eigenvalue weighted by atomic mass is 35.5. The number of esters is 1. The second-order valence-corrected chi connectivity index (χ2v) is 6.21. The molecule has 2 atom stereocenters. The lowest BCUT2D eigenvalue weighted by Crippen LogP contribution is -2.52. The van der Waals surface area contributed by atoms with Gasteiger partial charge in [0.15, 0.2) is 0 Å². The van der Waals surface area contributed by atoms with Gasteiger partial charge < -0.3 is 4.74 Å². The fraction of sp³-hybridized carbons (Fsp3) is 0.562. The average molecular weight is 309 g/mol. The summed E-state index contributed by atoms with van der Waals surface area (Å²) in [5.41, 5.74) is 1.29. The number of rotatable bonds is 3. The first kappa shape index (κ1) is 14.8. The quantitative estimate of drug-likeness (QED) is 0.802. The molecule has 114 valence electrons. The van der Waals surface area contributed by atoms with Gasteiger partial charge in [0.1, 0.15) is 6.04 Å². The van der Waals surface area contributed by atoms with Crippen LogP contribution in [0.25, 0.3) is 0 Å². The number of benzene rings is 1. The molecule has 4 nitrogen and oxygen atoms in total. The minimum absolute atomic E-state index is 0.0158. The second-order valence-electron chi connectivity index (χ2n) is 5.77. The topological polar surface area (TPSA) is 32.8 Å². The van der Waals surface area contributed by atoms with E-state index in [1.165, 1.54) is 5.56 Å². The van der Waals surface area contributed by atoms with E-state index in [-0.39, 0.29) is 12.0 Å². The molecular weight excluding hydrogens is 288 g/mol. The van der Waals surface area contributed by atoms with Crippen molar-refractivity contribution in [2.75, 3.05) is 32.8 Å². The maximum absolute atomic E-state index is 11.7. The van der Waals surface area contributed by atoms with Crippen LogP contribution in [0.4, 0.5) is 0 Å². The number of piperazine rings is 1. The van der Waals surface area contributed by atoms with Gasteiger partial charge in [0.2, 0.25) is 0 Å². The van der Waals surface area contributed by atoms with Gasteiger partial charge in [0.25, 0.3) is 0 Å². The van der Waals surface area contributed by atoms with Crippen molar-refractivity contribution in [1.82, 2.24) is 9.80 Å². The Bertz CT molecular complexity index is 498. The number of carbonyl (C=O) groups excluding carboxylic acids is 1. The predicted molar refractivity (Wildman–Crippen MR) is 82.4 cm³/mol. The molecule has 0 saturated carbocycles. The lowest BCUT2D eigenvalue weighted by Gasteiger charge is -2.39. The van der Waals surface area contributed by atoms with Crippen molar-refractivity contribution in [2.45, 2.75) is 25.4 Å². The van der Waals surface area contributed by atoms with Crippen LogP contribution in [0.1, 0.15) is 24.9 Å². The van der Waals surface area contributed by atoms with Gasteiger partial charge in [0, 0.05) is 43.7 Å². The third-order valence-electron chi connectivity index (χ3n) is 4.60. The third-order valence-corrected chi connectivity index (χ3v) is 4.85. The van der Waals surface area contributed by atoms with Crippen LogP contribution in [0.5, 0.6) is 0 Å². The Morgan fingerprint density at radius 3 is 2.43 bits per heavy atom. The predicted octanol–water partition coefficient (Wildman–Crippen LogP) is 2.33. The van der Waals surface area contributed by atoms with Crippen LogP contribution in [-0.4, -0.2) is 54.6 Å². The molecule has 0 aliphatic carbocycles. The molecule has 1 aromatic carbocycles. The summed E-state index contributed by atoms with van der Waals surface area (Å²) < 4.78 is 5.07. The highest BCUT2D eigenvalue weighted by Gasteiger charge is 2.34. The van der Waals surface area contributed by atoms with E-state index < -0.39 is 0 Å². The van der Waals surface area contributed by atoms with Crippen LogP contribution in [0, 0.1) is 0 Å². The minimum atomic E-state index is -0.0470. The average Bonchev–Trinajstić information content (AvgIpc) is 2.94. The van der Waals surface area contributed by atoms with E-state index in [1.807, 2.05) is 12.1 Å². The molecule has 0 amide bonds. The van der Waals surface area contributed by atoms with Gasteiger partial charge in [-0.3, -0.25) is 14.6 Å². The summed E-state index contributed by atoms with van der Waals surface area (Å²) in [5.74, 6) is -0.0470. The Labute approximate surface area is 130 Å². The van der Waals surface area contributed by atoms with E-state index in [2.05, 4.69) is 28.9 Å². The number of hydrogen-bond acceptors (Lipinski definition) is 4. The van der Waals surface area contributed by atoms with E-state index in [0.717, 1.165) is 37.6 Å². The van der Waals surface area contributed by atoms with E-state index in [4.69, 9.17) is 16.3 Å². The Morgan fingerprint density at radius 2 is 1.86 bits per heavy atom. The number of hydrogen-bond donors (Lipinski definition) is 0. The van der Waals surface area contributed by atoms with Gasteiger partial charge in [-0.25, -0.2) is 0 Å². The number of halogens is 1. The number of cyclic esters (lactones) is 1. The zero-order chi connectivity index (χ0) is 14.8. The summed E-state index contributed by atoms with van der Waals surface area (Å²) in [6.45, 7) is 6.62. The molecule has 2 aliphatic rings. The van der Waals surface area contributed by atoms with Crippen LogP contribution in [0.3, 0.4) is 0 Å². The number of nitrogens with zero attached hydrogens (tertiary/aromatic N) is 2. The normalized spacial score (nSPS) is 25.8. The first-order valence-corrected chi connectivity index (χ1v) is 7.93. The van der Waals surface area contributed by atoms with Gasteiger partial charge in [0.05, 0.1) is 6.61 Å². The molecule has 0 bridgehead atoms. The molecule has 2 saturated heterocycles. The van der Waals surface area contributed by atoms with Crippen LogP contribution in [0.2, 0.25) is 5.02 Å². The van der Waals surface area contributed by atoms with Gasteiger partial charge >= 0.3 is 5.97 Å². The summed E-state index contributed by atoms with van der Waals surface area (Å²) in [7, 11) is 0. The summed E-state index contributed by atoms with van der Waals surface area (Å²) in [6.07, 6.45) is 0.839. The van der Waals surface area contributed by atoms with Crippen LogP contribution in [-0.2, 0) is 9.53 Å². The summed E-state index contributed by atoms with van der Waals surface area (Å²) >= 11 is 5.94. The zero-order valence-electron chi connectivity index (χ0n) is 12.3. The van der Waals surface area contributed by atoms with Gasteiger partial charge in [-0.2, -0.15) is 0 Å². The van der Waals surface area contributed by atoms with Gasteiger partial charge in [-0.1, -0.05) is 23.7 Å². The molecule has 21 heavy (non-hydrogen) atoms. The van der Waals surface area contributed by atoms with E-state index in [0.29, 0.717) is 12.6 Å². The van der Waals surface area contributed by atoms with Crippen molar-refractivity contribution in [3.63, 3.8) is 0 Å². The van der Waals surface area contributed by atoms with Crippen molar-refractivity contribution in [3.8, 4) is 0 Å². The van der Waals surface area contributed by atoms with E-state index >= 15 is 0 Å². The molecule has 0 N–H and O–H groups in total. The van der Waals surface area contributed by atoms with Crippen molar-refractivity contribution >= 4 is 17.6 Å². The lowest BCUT2D eigenvalue weighted by atomic mass is 10.1. The molecule has 2 aliphatic heterocycles. The maximum Gasteiger partial charge on any atom is 0.323 e. The highest BCUT2D eigenvalue weighted by Crippen LogP contribution is 2.24. The molecule has 0 spiro atoms. The van der Waals surface area contributed by atoms with E-state index in [9.17, 15) is 4.79 Å². The van der Waals surface area contributed by atoms with Crippen molar-refractivity contribution in [3.05, 3.63) is 34.9 Å². The minimum Gasteiger partial charge on any atom is -0.464 e. The van der Waals surface area contributed by atoms with Crippen LogP contribution >= 0.6 is 11.6 Å². The second kappa shape index (κ2) is 6.34. The van der Waals surface area contributed by atoms with Gasteiger partial charge in [-0.15, -0.1) is 0 Å². The lowest BCUT2D eigenvalue weighted by molar-refractivity contribution is -0.142. The smallest absolute Gasteiger partial charge is 0.323 e. The fourth-order valence-corrected chi connectivity index (χ4v) is 3.33. The van der Waals surface area contributed by atoms with Crippen molar-refractivity contribution in [2.24, 2.45) is 0 Å². The number of ether oxygens (including phenoxy) is 1. The fourth-order valence-electron chi connectivity index (χ4n) is 3.21. The van der Waals surface area contributed by atoms with Crippen molar-refractivity contribution < 1.29 is 9.53 Å². The monoisotopic (exact) mass is 308 g/mol. The Kier molecular flexibility index (Phi) is 4.48. The largest absolute Gasteiger partial charge is 0.464 e. The van der Waals surface area contributed by atoms with Crippen LogP contribution in [0.15, 0.2) is 24.3 Å². The first-order valence-electron chi connectivity index (χ1n) is 7.55. The Morgan fingerprint density at radius 1 is 1.19 bits per heavy atom. The molecule has 0 aromatic heterocycles. The Balaban J connectivity index is 1.57. The van der Waals surface area contributed by atoms with Crippen molar-refractivity contribution in [1.29, 1.82) is 0 Å². The molecule has 2 heterocycles. The molecule has 0 radical (unpaired) electrons. The molecule has 1 aromatic rings. The molecule has 2 fully saturated rings. The van der Waals surface area contributed by atoms with Crippen LogP contribution < -0.4 is 0 Å². The van der Waals surface area contributed by atoms with E-state index in [1.54, 1.807) is 0 Å². The zero-order valence-corrected chi connectivity index (χ0v) is 13.1. The molecule has 5 heteroatoms. The summed E-state index contributed by atoms with van der Waals surface area (Å²) in [6, 6.07) is 8.43. The third kappa shape index (κ3) is 3.23. The number of carbonyl (C=O) groups is 1. The Hall–Kier alpha value is -1.10. The summed E-state index contributed by atoms with van der Waals surface area (Å²) in [4.78, 5) is 16.4. The maximum atomic E-state index is 11.7. The molecular formula is C16H21ClN2O2. The first-order chi connectivity index (χ1) is 10.1. The SMILES string of the molecule is C[C@H](c1ccc(Cl)cc1)N1CCN([C@@H]2CCOC2=O)CC1. The molecule has 0 unspecified atom stereocenters. The molecule has 3 rings (SSSR count). The summed E-state index contributed by atoms with van der Waals surface area (Å²) in [5, 5.41) is 0.774.